The van der Waals surface area contributed by atoms with Gasteiger partial charge in [0.25, 0.3) is 5.56 Å². The van der Waals surface area contributed by atoms with E-state index in [0.717, 1.165) is 22.4 Å². The van der Waals surface area contributed by atoms with Crippen molar-refractivity contribution in [1.29, 1.82) is 0 Å². The molecule has 3 aromatic carbocycles. The highest BCUT2D eigenvalue weighted by molar-refractivity contribution is 6.32. The first-order chi connectivity index (χ1) is 22.8. The molecule has 0 radical (unpaired) electrons. The van der Waals surface area contributed by atoms with Gasteiger partial charge in [0.05, 0.1) is 30.1 Å². The van der Waals surface area contributed by atoms with Gasteiger partial charge in [-0.15, -0.1) is 0 Å². The van der Waals surface area contributed by atoms with Crippen LogP contribution in [0.1, 0.15) is 48.8 Å². The van der Waals surface area contributed by atoms with Gasteiger partial charge in [-0.1, -0.05) is 86.4 Å². The molecule has 0 saturated carbocycles. The van der Waals surface area contributed by atoms with E-state index in [-0.39, 0.29) is 45.7 Å². The predicted octanol–water partition coefficient (Wildman–Crippen LogP) is 7.61. The Morgan fingerprint density at radius 3 is 2.31 bits per heavy atom. The summed E-state index contributed by atoms with van der Waals surface area (Å²) in [6, 6.07) is 22.8. The molecular formula is C36H37Cl2N5O5. The average molecular weight is 691 g/mol. The first-order valence-electron chi connectivity index (χ1n) is 15.2. The Bertz CT molecular complexity index is 2020. The largest absolute Gasteiger partial charge is 0.506 e. The Morgan fingerprint density at radius 1 is 0.938 bits per heavy atom. The van der Waals surface area contributed by atoms with Gasteiger partial charge in [-0.2, -0.15) is 5.10 Å². The van der Waals surface area contributed by atoms with Crippen LogP contribution < -0.4 is 25.7 Å². The third-order valence-electron chi connectivity index (χ3n) is 7.77. The van der Waals surface area contributed by atoms with E-state index in [2.05, 4.69) is 10.6 Å². The molecule has 2 heterocycles. The second-order valence-electron chi connectivity index (χ2n) is 12.2. The van der Waals surface area contributed by atoms with Crippen LogP contribution in [-0.2, 0) is 25.1 Å². The van der Waals surface area contributed by atoms with Crippen LogP contribution in [-0.4, -0.2) is 32.6 Å². The number of aryl methyl sites for hydroxylation is 1. The average Bonchev–Trinajstić information content (AvgIpc) is 3.49. The maximum Gasteiger partial charge on any atom is 0.320 e. The van der Waals surface area contributed by atoms with Crippen LogP contribution in [0.5, 0.6) is 17.2 Å². The lowest BCUT2D eigenvalue weighted by atomic mass is 9.92. The van der Waals surface area contributed by atoms with Crippen molar-refractivity contribution in [2.75, 3.05) is 12.4 Å². The Kier molecular flexibility index (Phi) is 10.4. The fourth-order valence-electron chi connectivity index (χ4n) is 5.04. The van der Waals surface area contributed by atoms with E-state index in [1.165, 1.54) is 6.07 Å². The number of nitrogens with zero attached hydrogens (tertiary/aromatic N) is 3. The van der Waals surface area contributed by atoms with Crippen molar-refractivity contribution in [3.8, 4) is 22.9 Å². The van der Waals surface area contributed by atoms with Gasteiger partial charge < -0.3 is 24.5 Å². The van der Waals surface area contributed by atoms with Crippen molar-refractivity contribution < 1.29 is 19.4 Å². The number of urea groups is 1. The molecule has 10 nitrogen and oxygen atoms in total. The molecule has 0 fully saturated rings. The summed E-state index contributed by atoms with van der Waals surface area (Å²) < 4.78 is 14.6. The summed E-state index contributed by atoms with van der Waals surface area (Å²) in [5, 5.41) is 20.5. The van der Waals surface area contributed by atoms with Crippen LogP contribution in [0.25, 0.3) is 5.69 Å². The highest BCUT2D eigenvalue weighted by atomic mass is 35.5. The fraction of sp³-hybridized carbons (Fsp3) is 0.250. The molecular weight excluding hydrogens is 653 g/mol. The molecule has 0 spiro atoms. The maximum atomic E-state index is 13.3. The van der Waals surface area contributed by atoms with E-state index in [4.69, 9.17) is 37.8 Å². The molecule has 250 valence electrons. The highest BCUT2D eigenvalue weighted by Gasteiger charge is 2.22. The van der Waals surface area contributed by atoms with E-state index in [1.54, 1.807) is 40.6 Å². The molecule has 0 unspecified atom stereocenters. The summed E-state index contributed by atoms with van der Waals surface area (Å²) in [4.78, 5) is 26.4. The molecule has 0 aliphatic rings. The van der Waals surface area contributed by atoms with Gasteiger partial charge in [0.15, 0.2) is 0 Å². The van der Waals surface area contributed by atoms with Gasteiger partial charge in [0.1, 0.15) is 34.7 Å². The second-order valence-corrected chi connectivity index (χ2v) is 13.0. The molecule has 0 saturated heterocycles. The third kappa shape index (κ3) is 7.78. The number of halogens is 2. The van der Waals surface area contributed by atoms with E-state index in [0.29, 0.717) is 29.5 Å². The summed E-state index contributed by atoms with van der Waals surface area (Å²) >= 11 is 12.7. The lowest BCUT2D eigenvalue weighted by Crippen LogP contribution is -2.29. The van der Waals surface area contributed by atoms with Crippen LogP contribution in [0.15, 0.2) is 83.7 Å². The molecule has 2 aromatic heterocycles. The molecule has 3 N–H and O–H groups in total. The van der Waals surface area contributed by atoms with Crippen LogP contribution in [0.4, 0.5) is 10.6 Å². The monoisotopic (exact) mass is 689 g/mol. The highest BCUT2D eigenvalue weighted by Crippen LogP contribution is 2.30. The first-order valence-corrected chi connectivity index (χ1v) is 16.0. The van der Waals surface area contributed by atoms with Crippen LogP contribution in [0.2, 0.25) is 10.0 Å². The Balaban J connectivity index is 1.28. The SMILES string of the molecule is COc1ccccc1Cn1c(C)cc(OCc2ccccc2CNC(=O)Nc2cc(C(C)(C)C)nn2-c2ccc(O)c(Cl)c2)c(Cl)c1=O. The summed E-state index contributed by atoms with van der Waals surface area (Å²) in [7, 11) is 1.59. The zero-order valence-electron chi connectivity index (χ0n) is 27.3. The molecule has 2 amide bonds. The lowest BCUT2D eigenvalue weighted by Gasteiger charge is -2.17. The number of hydrogen-bond donors (Lipinski definition) is 3. The van der Waals surface area contributed by atoms with Crippen LogP contribution in [0.3, 0.4) is 0 Å². The number of benzene rings is 3. The van der Waals surface area contributed by atoms with Crippen molar-refractivity contribution >= 4 is 35.1 Å². The number of nitrogens with one attached hydrogen (secondary N) is 2. The number of ether oxygens (including phenoxy) is 2. The van der Waals surface area contributed by atoms with E-state index in [9.17, 15) is 14.7 Å². The van der Waals surface area contributed by atoms with Crippen molar-refractivity contribution in [3.63, 3.8) is 0 Å². The van der Waals surface area contributed by atoms with E-state index in [1.807, 2.05) is 76.2 Å². The van der Waals surface area contributed by atoms with Gasteiger partial charge in [0, 0.05) is 35.3 Å². The number of phenols is 1. The number of phenolic OH excluding ortho intramolecular Hbond substituents is 1. The van der Waals surface area contributed by atoms with Gasteiger partial charge in [-0.05, 0) is 42.3 Å². The van der Waals surface area contributed by atoms with Gasteiger partial charge in [-0.25, -0.2) is 9.48 Å². The number of carbonyl (C=O) groups is 1. The number of aromatic hydroxyl groups is 1. The van der Waals surface area contributed by atoms with Crippen molar-refractivity contribution in [1.82, 2.24) is 19.7 Å². The maximum absolute atomic E-state index is 13.3. The molecule has 0 aliphatic heterocycles. The van der Waals surface area contributed by atoms with Gasteiger partial charge in [0.2, 0.25) is 0 Å². The van der Waals surface area contributed by atoms with E-state index >= 15 is 0 Å². The molecule has 48 heavy (non-hydrogen) atoms. The van der Waals surface area contributed by atoms with Crippen LogP contribution in [0, 0.1) is 6.92 Å². The minimum absolute atomic E-state index is 0.0216. The third-order valence-corrected chi connectivity index (χ3v) is 8.42. The zero-order chi connectivity index (χ0) is 34.6. The molecule has 5 rings (SSSR count). The number of pyridine rings is 1. The number of carbonyl (C=O) groups excluding carboxylic acids is 1. The Hall–Kier alpha value is -4.93. The first kappa shape index (κ1) is 34.4. The molecule has 0 aliphatic carbocycles. The lowest BCUT2D eigenvalue weighted by molar-refractivity contribution is 0.251. The quantitative estimate of drug-likeness (QED) is 0.139. The number of methoxy groups -OCH3 is 1. The predicted molar refractivity (Wildman–Crippen MR) is 188 cm³/mol. The normalized spacial score (nSPS) is 11.3. The summed E-state index contributed by atoms with van der Waals surface area (Å²) in [5.74, 6) is 1.33. The van der Waals surface area contributed by atoms with Crippen molar-refractivity contribution in [3.05, 3.63) is 127 Å². The number of hydrogen-bond acceptors (Lipinski definition) is 6. The minimum atomic E-state index is -0.450. The van der Waals surface area contributed by atoms with Gasteiger partial charge >= 0.3 is 6.03 Å². The van der Waals surface area contributed by atoms with Crippen LogP contribution >= 0.6 is 23.2 Å². The summed E-state index contributed by atoms with van der Waals surface area (Å²) in [5.41, 5.74) is 3.83. The number of anilines is 1. The molecule has 0 bridgehead atoms. The van der Waals surface area contributed by atoms with Gasteiger partial charge in [-0.3, -0.25) is 10.1 Å². The number of rotatable bonds is 10. The minimum Gasteiger partial charge on any atom is -0.506 e. The fourth-order valence-corrected chi connectivity index (χ4v) is 5.43. The zero-order valence-corrected chi connectivity index (χ0v) is 28.8. The molecule has 12 heteroatoms. The van der Waals surface area contributed by atoms with Crippen molar-refractivity contribution in [2.45, 2.75) is 52.8 Å². The van der Waals surface area contributed by atoms with Crippen molar-refractivity contribution in [2.24, 2.45) is 0 Å². The smallest absolute Gasteiger partial charge is 0.320 e. The summed E-state index contributed by atoms with van der Waals surface area (Å²) in [6.07, 6.45) is 0. The Morgan fingerprint density at radius 2 is 1.62 bits per heavy atom. The molecule has 5 aromatic rings. The number of aromatic nitrogens is 3. The Labute approximate surface area is 288 Å². The topological polar surface area (TPSA) is 120 Å². The number of amides is 2. The van der Waals surface area contributed by atoms with E-state index < -0.39 is 6.03 Å². The number of para-hydroxylation sites is 1. The molecule has 0 atom stereocenters. The second kappa shape index (κ2) is 14.5. The standard InChI is InChI=1S/C36H37Cl2N5O5/c1-22-16-30(33(38)34(45)42(22)20-24-11-8-9-13-29(24)47-5)48-21-25-12-7-6-10-23(25)19-39-35(46)40-32-18-31(36(2,3)4)41-43(32)26-14-15-28(44)27(37)17-26/h6-18,44H,19-21H2,1-5H3,(H2,39,40,46). The summed E-state index contributed by atoms with van der Waals surface area (Å²) in [6.45, 7) is 8.51.